The number of fused-ring (bicyclic) bond motifs is 1. The third-order valence-corrected chi connectivity index (χ3v) is 5.83. The number of carbonyl (C=O) groups excluding carboxylic acids is 4. The van der Waals surface area contributed by atoms with Crippen LogP contribution in [-0.2, 0) is 52.7 Å². The largest absolute Gasteiger partial charge is 0.465 e. The van der Waals surface area contributed by atoms with Gasteiger partial charge in [0.05, 0.1) is 19.8 Å². The van der Waals surface area contributed by atoms with Gasteiger partial charge in [0.1, 0.15) is 6.04 Å². The first-order valence-electron chi connectivity index (χ1n) is 11.0. The highest BCUT2D eigenvalue weighted by atomic mass is 16.6. The van der Waals surface area contributed by atoms with Gasteiger partial charge >= 0.3 is 17.9 Å². The van der Waals surface area contributed by atoms with Crippen molar-refractivity contribution in [3.63, 3.8) is 0 Å². The minimum Gasteiger partial charge on any atom is -0.465 e. The summed E-state index contributed by atoms with van der Waals surface area (Å²) in [5, 5.41) is 2.65. The van der Waals surface area contributed by atoms with Crippen LogP contribution < -0.4 is 5.32 Å². The van der Waals surface area contributed by atoms with E-state index in [1.807, 2.05) is 19.9 Å². The number of nitrogens with one attached hydrogen (secondary N) is 1. The summed E-state index contributed by atoms with van der Waals surface area (Å²) < 4.78 is 15.6. The van der Waals surface area contributed by atoms with E-state index in [9.17, 15) is 19.2 Å². The Morgan fingerprint density at radius 3 is 1.97 bits per heavy atom. The quantitative estimate of drug-likeness (QED) is 0.351. The Hall–Kier alpha value is -2.90. The van der Waals surface area contributed by atoms with Gasteiger partial charge in [-0.3, -0.25) is 14.4 Å². The van der Waals surface area contributed by atoms with Crippen molar-refractivity contribution in [3.05, 3.63) is 33.9 Å². The molecule has 0 heterocycles. The molecule has 1 aliphatic carbocycles. The monoisotopic (exact) mass is 447 g/mol. The van der Waals surface area contributed by atoms with Crippen LogP contribution in [0.25, 0.3) is 0 Å². The lowest BCUT2D eigenvalue weighted by Gasteiger charge is -2.24. The highest BCUT2D eigenvalue weighted by Crippen LogP contribution is 2.43. The van der Waals surface area contributed by atoms with Gasteiger partial charge in [-0.25, -0.2) is 4.79 Å². The molecule has 32 heavy (non-hydrogen) atoms. The highest BCUT2D eigenvalue weighted by Gasteiger charge is 2.53. The summed E-state index contributed by atoms with van der Waals surface area (Å²) in [7, 11) is 0. The lowest BCUT2D eigenvalue weighted by atomic mass is 9.84. The molecule has 0 bridgehead atoms. The molecule has 176 valence electrons. The Labute approximate surface area is 189 Å². The maximum Gasteiger partial charge on any atom is 0.328 e. The number of carbonyl (C=O) groups is 4. The second kappa shape index (κ2) is 10.6. The first kappa shape index (κ1) is 25.4. The molecular formula is C24H33NO7. The van der Waals surface area contributed by atoms with Gasteiger partial charge in [-0.1, -0.05) is 6.07 Å². The van der Waals surface area contributed by atoms with Gasteiger partial charge < -0.3 is 19.5 Å². The Bertz CT molecular complexity index is 888. The lowest BCUT2D eigenvalue weighted by Crippen LogP contribution is -2.43. The molecule has 0 aromatic heterocycles. The van der Waals surface area contributed by atoms with Crippen molar-refractivity contribution < 1.29 is 33.4 Å². The zero-order valence-electron chi connectivity index (χ0n) is 19.8. The van der Waals surface area contributed by atoms with Gasteiger partial charge in [-0.2, -0.15) is 0 Å². The minimum absolute atomic E-state index is 0.164. The Balaban J connectivity index is 2.47. The summed E-state index contributed by atoms with van der Waals surface area (Å²) in [6, 6.07) is 1.11. The molecule has 8 heteroatoms. The molecule has 1 N–H and O–H groups in total. The number of esters is 3. The maximum atomic E-state index is 12.9. The van der Waals surface area contributed by atoms with Gasteiger partial charge in [0.25, 0.3) is 0 Å². The minimum atomic E-state index is -1.42. The van der Waals surface area contributed by atoms with Crippen LogP contribution in [0.4, 0.5) is 0 Å². The van der Waals surface area contributed by atoms with Crippen LogP contribution in [0.1, 0.15) is 55.5 Å². The number of amides is 1. The number of ether oxygens (including phenoxy) is 3. The molecule has 1 aliphatic rings. The molecule has 0 fully saturated rings. The van der Waals surface area contributed by atoms with Gasteiger partial charge in [-0.05, 0) is 62.4 Å². The normalized spacial score (nSPS) is 14.8. The summed E-state index contributed by atoms with van der Waals surface area (Å²) in [4.78, 5) is 49.8. The van der Waals surface area contributed by atoms with Gasteiger partial charge in [0.2, 0.25) is 5.91 Å². The van der Waals surface area contributed by atoms with Crippen molar-refractivity contribution in [1.29, 1.82) is 0 Å². The van der Waals surface area contributed by atoms with Crippen molar-refractivity contribution in [1.82, 2.24) is 5.32 Å². The maximum absolute atomic E-state index is 12.9. The predicted octanol–water partition coefficient (Wildman–Crippen LogP) is 2.12. The second-order valence-corrected chi connectivity index (χ2v) is 8.02. The molecular weight excluding hydrogens is 414 g/mol. The van der Waals surface area contributed by atoms with E-state index in [0.29, 0.717) is 0 Å². The van der Waals surface area contributed by atoms with E-state index in [1.54, 1.807) is 20.8 Å². The van der Waals surface area contributed by atoms with E-state index in [0.717, 1.165) is 27.8 Å². The number of benzene rings is 1. The molecule has 2 rings (SSSR count). The smallest absolute Gasteiger partial charge is 0.328 e. The lowest BCUT2D eigenvalue weighted by molar-refractivity contribution is -0.171. The summed E-state index contributed by atoms with van der Waals surface area (Å²) >= 11 is 0. The van der Waals surface area contributed by atoms with Crippen molar-refractivity contribution in [2.75, 3.05) is 19.8 Å². The van der Waals surface area contributed by atoms with E-state index in [-0.39, 0.29) is 45.0 Å². The number of aryl methyl sites for hydroxylation is 1. The molecule has 0 radical (unpaired) electrons. The van der Waals surface area contributed by atoms with Crippen molar-refractivity contribution in [2.45, 2.75) is 66.8 Å². The fourth-order valence-electron chi connectivity index (χ4n) is 4.29. The molecule has 0 spiro atoms. The molecule has 0 saturated heterocycles. The molecule has 1 atom stereocenters. The first-order valence-corrected chi connectivity index (χ1v) is 11.0. The van der Waals surface area contributed by atoms with Crippen molar-refractivity contribution in [2.24, 2.45) is 5.41 Å². The van der Waals surface area contributed by atoms with Crippen LogP contribution in [0, 0.1) is 19.3 Å². The molecule has 1 aromatic carbocycles. The third kappa shape index (κ3) is 5.11. The van der Waals surface area contributed by atoms with Gasteiger partial charge in [-0.15, -0.1) is 0 Å². The Morgan fingerprint density at radius 2 is 1.47 bits per heavy atom. The number of hydrogen-bond acceptors (Lipinski definition) is 7. The molecule has 1 amide bonds. The van der Waals surface area contributed by atoms with Gasteiger partial charge in [0, 0.05) is 26.2 Å². The molecule has 8 nitrogen and oxygen atoms in total. The topological polar surface area (TPSA) is 108 Å². The molecule has 1 aromatic rings. The van der Waals surface area contributed by atoms with Crippen LogP contribution in [-0.4, -0.2) is 49.7 Å². The zero-order chi connectivity index (χ0) is 24.1. The van der Waals surface area contributed by atoms with E-state index in [2.05, 4.69) is 5.32 Å². The van der Waals surface area contributed by atoms with Crippen molar-refractivity contribution >= 4 is 23.8 Å². The summed E-state index contributed by atoms with van der Waals surface area (Å²) in [6.45, 7) is 10.8. The average molecular weight is 448 g/mol. The third-order valence-electron chi connectivity index (χ3n) is 5.83. The average Bonchev–Trinajstić information content (AvgIpc) is 3.14. The molecule has 0 saturated carbocycles. The van der Waals surface area contributed by atoms with Gasteiger partial charge in [0.15, 0.2) is 5.41 Å². The fraction of sp³-hybridized carbons (Fsp3) is 0.583. The Kier molecular flexibility index (Phi) is 8.41. The molecule has 0 aliphatic heterocycles. The van der Waals surface area contributed by atoms with E-state index < -0.39 is 29.4 Å². The fourth-order valence-corrected chi connectivity index (χ4v) is 4.29. The van der Waals surface area contributed by atoms with E-state index in [4.69, 9.17) is 14.2 Å². The first-order chi connectivity index (χ1) is 15.1. The SMILES string of the molecule is CCOC(=O)C(Cc1cc(C)c2c(c1C)CC(C(=O)OCC)(C(=O)OCC)C2)NC(C)=O. The second-order valence-electron chi connectivity index (χ2n) is 8.02. The van der Waals surface area contributed by atoms with Crippen molar-refractivity contribution in [3.8, 4) is 0 Å². The number of hydrogen-bond donors (Lipinski definition) is 1. The summed E-state index contributed by atoms with van der Waals surface area (Å²) in [6.07, 6.45) is 0.620. The van der Waals surface area contributed by atoms with E-state index in [1.165, 1.54) is 6.92 Å². The summed E-state index contributed by atoms with van der Waals surface area (Å²) in [5.41, 5.74) is 3.01. The summed E-state index contributed by atoms with van der Waals surface area (Å²) in [5.74, 6) is -2.01. The zero-order valence-corrected chi connectivity index (χ0v) is 19.8. The number of rotatable bonds is 9. The molecule has 1 unspecified atom stereocenters. The van der Waals surface area contributed by atoms with Crippen LogP contribution in [0.15, 0.2) is 6.07 Å². The standard InChI is InChI=1S/C24H33NO7/c1-7-30-21(27)20(25-16(6)26)11-17-10-14(4)18-12-24(22(28)31-8-2,23(29)32-9-3)13-19(18)15(17)5/h10,20H,7-9,11-13H2,1-6H3,(H,25,26). The van der Waals surface area contributed by atoms with Crippen LogP contribution in [0.5, 0.6) is 0 Å². The Morgan fingerprint density at radius 1 is 0.938 bits per heavy atom. The van der Waals surface area contributed by atoms with Crippen LogP contribution >= 0.6 is 0 Å². The predicted molar refractivity (Wildman–Crippen MR) is 117 cm³/mol. The highest BCUT2D eigenvalue weighted by molar-refractivity contribution is 6.02. The van der Waals surface area contributed by atoms with Crippen LogP contribution in [0.3, 0.4) is 0 Å². The van der Waals surface area contributed by atoms with E-state index >= 15 is 0 Å². The van der Waals surface area contributed by atoms with Crippen LogP contribution in [0.2, 0.25) is 0 Å².